The van der Waals surface area contributed by atoms with Gasteiger partial charge in [0.15, 0.2) is 0 Å². The molecule has 0 N–H and O–H groups in total. The van der Waals surface area contributed by atoms with E-state index in [2.05, 4.69) is 0 Å². The summed E-state index contributed by atoms with van der Waals surface area (Å²) in [6.45, 7) is -0.337. The average Bonchev–Trinajstić information content (AvgIpc) is 2.45. The van der Waals surface area contributed by atoms with Gasteiger partial charge < -0.3 is 4.74 Å². The minimum atomic E-state index is -4.53. The molecule has 0 bridgehead atoms. The van der Waals surface area contributed by atoms with Gasteiger partial charge in [-0.05, 0) is 42.5 Å². The Kier molecular flexibility index (Phi) is 4.26. The van der Waals surface area contributed by atoms with Crippen molar-refractivity contribution in [1.29, 1.82) is 0 Å². The first kappa shape index (κ1) is 15.0. The van der Waals surface area contributed by atoms with E-state index >= 15 is 0 Å². The van der Waals surface area contributed by atoms with Crippen LogP contribution in [0.2, 0.25) is 0 Å². The second-order valence-electron chi connectivity index (χ2n) is 4.28. The maximum atomic E-state index is 13.5. The molecule has 2 aromatic carbocycles. The summed E-state index contributed by atoms with van der Waals surface area (Å²) < 4.78 is 56.4. The summed E-state index contributed by atoms with van der Waals surface area (Å²) in [5.41, 5.74) is -0.685. The Bertz CT molecular complexity index is 633. The van der Waals surface area contributed by atoms with Crippen LogP contribution in [0.5, 0.6) is 5.75 Å². The predicted octanol–water partition coefficient (Wildman–Crippen LogP) is 4.24. The first-order valence-electron chi connectivity index (χ1n) is 5.94. The number of carbonyl (C=O) groups excluding carboxylic acids is 1. The Morgan fingerprint density at radius 2 is 1.71 bits per heavy atom. The van der Waals surface area contributed by atoms with Crippen LogP contribution in [0, 0.1) is 5.82 Å². The standard InChI is InChI=1S/C15H10F4O2/c16-14-6-3-12(15(17,18)19)7-11(14)9-21-13-4-1-10(8-20)2-5-13/h1-8H,9H2. The van der Waals surface area contributed by atoms with Gasteiger partial charge in [0.1, 0.15) is 24.5 Å². The van der Waals surface area contributed by atoms with Crippen molar-refractivity contribution in [3.8, 4) is 5.75 Å². The topological polar surface area (TPSA) is 26.3 Å². The third-order valence-corrected chi connectivity index (χ3v) is 2.78. The van der Waals surface area contributed by atoms with Gasteiger partial charge in [-0.25, -0.2) is 4.39 Å². The third-order valence-electron chi connectivity index (χ3n) is 2.78. The van der Waals surface area contributed by atoms with E-state index in [0.717, 1.165) is 12.1 Å². The van der Waals surface area contributed by atoms with Crippen molar-refractivity contribution in [2.45, 2.75) is 12.8 Å². The second-order valence-corrected chi connectivity index (χ2v) is 4.28. The van der Waals surface area contributed by atoms with E-state index in [1.165, 1.54) is 24.3 Å². The normalized spacial score (nSPS) is 11.2. The highest BCUT2D eigenvalue weighted by Gasteiger charge is 2.31. The van der Waals surface area contributed by atoms with E-state index in [0.29, 0.717) is 23.7 Å². The molecule has 2 aromatic rings. The van der Waals surface area contributed by atoms with Crippen LogP contribution in [0.3, 0.4) is 0 Å². The number of benzene rings is 2. The molecule has 2 nitrogen and oxygen atoms in total. The van der Waals surface area contributed by atoms with Crippen LogP contribution >= 0.6 is 0 Å². The Hall–Kier alpha value is -2.37. The van der Waals surface area contributed by atoms with E-state index in [1.807, 2.05) is 0 Å². The van der Waals surface area contributed by atoms with E-state index in [1.54, 1.807) is 0 Å². The second kappa shape index (κ2) is 5.95. The molecule has 0 amide bonds. The number of halogens is 4. The monoisotopic (exact) mass is 298 g/mol. The number of hydrogen-bond acceptors (Lipinski definition) is 2. The summed E-state index contributed by atoms with van der Waals surface area (Å²) >= 11 is 0. The van der Waals surface area contributed by atoms with E-state index in [4.69, 9.17) is 4.74 Å². The van der Waals surface area contributed by atoms with Crippen LogP contribution in [0.25, 0.3) is 0 Å². The minimum Gasteiger partial charge on any atom is -0.489 e. The maximum absolute atomic E-state index is 13.5. The number of ether oxygens (including phenoxy) is 1. The van der Waals surface area contributed by atoms with Gasteiger partial charge in [0.2, 0.25) is 0 Å². The quantitative estimate of drug-likeness (QED) is 0.623. The van der Waals surface area contributed by atoms with Gasteiger partial charge in [0, 0.05) is 11.1 Å². The lowest BCUT2D eigenvalue weighted by atomic mass is 10.1. The average molecular weight is 298 g/mol. The van der Waals surface area contributed by atoms with Gasteiger partial charge in [-0.15, -0.1) is 0 Å². The zero-order valence-electron chi connectivity index (χ0n) is 10.7. The Balaban J connectivity index is 2.13. The molecule has 0 saturated carbocycles. The molecule has 110 valence electrons. The van der Waals surface area contributed by atoms with Gasteiger partial charge in [-0.1, -0.05) is 0 Å². The molecule has 0 spiro atoms. The predicted molar refractivity (Wildman–Crippen MR) is 67.6 cm³/mol. The van der Waals surface area contributed by atoms with E-state index in [9.17, 15) is 22.4 Å². The molecule has 0 radical (unpaired) electrons. The van der Waals surface area contributed by atoms with Crippen LogP contribution in [-0.2, 0) is 12.8 Å². The lowest BCUT2D eigenvalue weighted by molar-refractivity contribution is -0.137. The van der Waals surface area contributed by atoms with Gasteiger partial charge in [-0.2, -0.15) is 13.2 Å². The number of hydrogen-bond donors (Lipinski definition) is 0. The molecular formula is C15H10F4O2. The van der Waals surface area contributed by atoms with Crippen LogP contribution in [0.15, 0.2) is 42.5 Å². The summed E-state index contributed by atoms with van der Waals surface area (Å²) in [7, 11) is 0. The first-order chi connectivity index (χ1) is 9.90. The fourth-order valence-electron chi connectivity index (χ4n) is 1.67. The Labute approximate surface area is 118 Å². The molecule has 0 saturated heterocycles. The molecule has 0 aromatic heterocycles. The zero-order chi connectivity index (χ0) is 15.5. The van der Waals surface area contributed by atoms with Crippen LogP contribution in [0.4, 0.5) is 17.6 Å². The van der Waals surface area contributed by atoms with Gasteiger partial charge in [-0.3, -0.25) is 4.79 Å². The summed E-state index contributed by atoms with van der Waals surface area (Å²) in [5, 5.41) is 0. The van der Waals surface area contributed by atoms with Gasteiger partial charge in [0.05, 0.1) is 5.56 Å². The lowest BCUT2D eigenvalue weighted by Gasteiger charge is -2.11. The number of rotatable bonds is 4. The highest BCUT2D eigenvalue weighted by Crippen LogP contribution is 2.30. The smallest absolute Gasteiger partial charge is 0.416 e. The minimum absolute atomic E-state index is 0.190. The number of alkyl halides is 3. The SMILES string of the molecule is O=Cc1ccc(OCc2cc(C(F)(F)F)ccc2F)cc1. The number of aldehydes is 1. The zero-order valence-corrected chi connectivity index (χ0v) is 10.7. The molecule has 0 atom stereocenters. The summed E-state index contributed by atoms with van der Waals surface area (Å²) in [6.07, 6.45) is -3.88. The molecule has 6 heteroatoms. The lowest BCUT2D eigenvalue weighted by Crippen LogP contribution is -2.07. The molecule has 0 heterocycles. The molecular weight excluding hydrogens is 288 g/mol. The molecule has 0 fully saturated rings. The van der Waals surface area contributed by atoms with Crippen LogP contribution in [-0.4, -0.2) is 6.29 Å². The molecule has 0 aliphatic carbocycles. The largest absolute Gasteiger partial charge is 0.489 e. The van der Waals surface area contributed by atoms with Crippen molar-refractivity contribution in [2.75, 3.05) is 0 Å². The van der Waals surface area contributed by atoms with Crippen molar-refractivity contribution in [3.05, 3.63) is 65.0 Å². The Morgan fingerprint density at radius 1 is 1.05 bits per heavy atom. The first-order valence-corrected chi connectivity index (χ1v) is 5.94. The summed E-state index contributed by atoms with van der Waals surface area (Å²) in [4.78, 5) is 10.5. The third kappa shape index (κ3) is 3.81. The number of carbonyl (C=O) groups is 1. The van der Waals surface area contributed by atoms with E-state index < -0.39 is 17.6 Å². The van der Waals surface area contributed by atoms with Crippen molar-refractivity contribution in [1.82, 2.24) is 0 Å². The van der Waals surface area contributed by atoms with Crippen molar-refractivity contribution >= 4 is 6.29 Å². The molecule has 0 aliphatic heterocycles. The van der Waals surface area contributed by atoms with E-state index in [-0.39, 0.29) is 12.2 Å². The Morgan fingerprint density at radius 3 is 2.29 bits per heavy atom. The maximum Gasteiger partial charge on any atom is 0.416 e. The van der Waals surface area contributed by atoms with Gasteiger partial charge >= 0.3 is 6.18 Å². The van der Waals surface area contributed by atoms with Crippen LogP contribution in [0.1, 0.15) is 21.5 Å². The summed E-state index contributed by atoms with van der Waals surface area (Å²) in [5.74, 6) is -0.440. The molecule has 0 unspecified atom stereocenters. The molecule has 2 rings (SSSR count). The van der Waals surface area contributed by atoms with Crippen molar-refractivity contribution < 1.29 is 27.1 Å². The molecule has 21 heavy (non-hydrogen) atoms. The van der Waals surface area contributed by atoms with Gasteiger partial charge in [0.25, 0.3) is 0 Å². The fourth-order valence-corrected chi connectivity index (χ4v) is 1.67. The highest BCUT2D eigenvalue weighted by molar-refractivity contribution is 5.74. The van der Waals surface area contributed by atoms with Crippen molar-refractivity contribution in [3.63, 3.8) is 0 Å². The molecule has 0 aliphatic rings. The fraction of sp³-hybridized carbons (Fsp3) is 0.133. The summed E-state index contributed by atoms with van der Waals surface area (Å²) in [6, 6.07) is 8.10. The highest BCUT2D eigenvalue weighted by atomic mass is 19.4. The van der Waals surface area contributed by atoms with Crippen molar-refractivity contribution in [2.24, 2.45) is 0 Å². The van der Waals surface area contributed by atoms with Crippen LogP contribution < -0.4 is 4.74 Å².